The maximum Gasteiger partial charge on any atom is 0.269 e. The smallest absolute Gasteiger partial charge is 0.269 e. The number of hydrogen-bond acceptors (Lipinski definition) is 3. The Morgan fingerprint density at radius 2 is 1.78 bits per heavy atom. The number of carbonyl (C=O) groups excluding carboxylic acids is 2. The third-order valence-electron chi connectivity index (χ3n) is 3.54. The monoisotopic (exact) mass is 315 g/mol. The van der Waals surface area contributed by atoms with Gasteiger partial charge in [0.1, 0.15) is 17.4 Å². The maximum absolute atomic E-state index is 13.5. The van der Waals surface area contributed by atoms with Gasteiger partial charge in [0.05, 0.1) is 11.3 Å². The number of aliphatic hydroxyl groups is 1. The molecule has 1 aliphatic heterocycles. The topological polar surface area (TPSA) is 57.6 Å². The number of amides is 2. The minimum atomic E-state index is -0.778. The first-order valence-electron chi connectivity index (χ1n) is 6.74. The molecule has 0 spiro atoms. The van der Waals surface area contributed by atoms with Crippen LogP contribution in [0.25, 0.3) is 11.3 Å². The van der Waals surface area contributed by atoms with E-state index in [1.54, 1.807) is 0 Å². The van der Waals surface area contributed by atoms with Crippen LogP contribution in [-0.2, 0) is 9.59 Å². The molecule has 23 heavy (non-hydrogen) atoms. The second kappa shape index (κ2) is 5.31. The van der Waals surface area contributed by atoms with E-state index < -0.39 is 29.2 Å². The highest BCUT2D eigenvalue weighted by Gasteiger charge is 2.38. The van der Waals surface area contributed by atoms with E-state index >= 15 is 0 Å². The molecular weight excluding hydrogens is 304 g/mol. The first-order valence-corrected chi connectivity index (χ1v) is 6.74. The van der Waals surface area contributed by atoms with Crippen LogP contribution in [0.1, 0.15) is 18.1 Å². The molecule has 0 aromatic heterocycles. The number of imide groups is 1. The molecule has 2 aromatic carbocycles. The molecule has 1 aliphatic rings. The maximum atomic E-state index is 13.5. The molecule has 4 nitrogen and oxygen atoms in total. The number of aliphatic hydroxyl groups excluding tert-OH is 1. The highest BCUT2D eigenvalue weighted by molar-refractivity contribution is 6.42. The fourth-order valence-electron chi connectivity index (χ4n) is 2.56. The van der Waals surface area contributed by atoms with E-state index in [2.05, 4.69) is 0 Å². The van der Waals surface area contributed by atoms with Crippen LogP contribution in [-0.4, -0.2) is 16.9 Å². The summed E-state index contributed by atoms with van der Waals surface area (Å²) in [5.74, 6) is -3.05. The average Bonchev–Trinajstić information content (AvgIpc) is 2.77. The van der Waals surface area contributed by atoms with Gasteiger partial charge in [0.2, 0.25) is 5.91 Å². The van der Waals surface area contributed by atoms with Gasteiger partial charge in [-0.2, -0.15) is 0 Å². The van der Waals surface area contributed by atoms with Crippen molar-refractivity contribution in [2.45, 2.75) is 6.92 Å². The predicted molar refractivity (Wildman–Crippen MR) is 80.4 cm³/mol. The Bertz CT molecular complexity index is 874. The minimum absolute atomic E-state index is 0.0560. The van der Waals surface area contributed by atoms with Crippen molar-refractivity contribution in [3.8, 4) is 0 Å². The van der Waals surface area contributed by atoms with E-state index in [9.17, 15) is 23.5 Å². The van der Waals surface area contributed by atoms with E-state index in [0.717, 1.165) is 30.0 Å². The lowest BCUT2D eigenvalue weighted by Crippen LogP contribution is -2.31. The van der Waals surface area contributed by atoms with E-state index in [1.807, 2.05) is 0 Å². The zero-order valence-electron chi connectivity index (χ0n) is 12.0. The first-order chi connectivity index (χ1) is 10.9. The Hall–Kier alpha value is -3.02. The number of carbonyl (C=O) groups is 2. The van der Waals surface area contributed by atoms with Gasteiger partial charge < -0.3 is 5.11 Å². The van der Waals surface area contributed by atoms with Crippen LogP contribution in [0, 0.1) is 11.6 Å². The Labute approximate surface area is 130 Å². The first kappa shape index (κ1) is 14.9. The molecule has 6 heteroatoms. The summed E-state index contributed by atoms with van der Waals surface area (Å²) >= 11 is 0. The Morgan fingerprint density at radius 1 is 1.09 bits per heavy atom. The number of hydrogen-bond donors (Lipinski definition) is 1. The number of nitrogens with zero attached hydrogens (tertiary/aromatic N) is 1. The Kier molecular flexibility index (Phi) is 3.44. The van der Waals surface area contributed by atoms with Gasteiger partial charge in [-0.05, 0) is 30.3 Å². The Morgan fingerprint density at radius 3 is 2.43 bits per heavy atom. The molecule has 2 amide bonds. The van der Waals surface area contributed by atoms with Crippen molar-refractivity contribution in [1.29, 1.82) is 0 Å². The molecule has 1 N–H and O–H groups in total. The summed E-state index contributed by atoms with van der Waals surface area (Å²) in [7, 11) is 0. The molecular formula is C17H11F2NO3. The highest BCUT2D eigenvalue weighted by atomic mass is 19.1. The van der Waals surface area contributed by atoms with E-state index in [4.69, 9.17) is 0 Å². The third kappa shape index (κ3) is 2.38. The fourth-order valence-corrected chi connectivity index (χ4v) is 2.56. The van der Waals surface area contributed by atoms with Gasteiger partial charge in [-0.25, -0.2) is 13.7 Å². The summed E-state index contributed by atoms with van der Waals surface area (Å²) in [6.07, 6.45) is 0. The van der Waals surface area contributed by atoms with Crippen LogP contribution in [0.4, 0.5) is 14.5 Å². The quantitative estimate of drug-likeness (QED) is 0.649. The average molecular weight is 315 g/mol. The van der Waals surface area contributed by atoms with Gasteiger partial charge in [0.25, 0.3) is 5.91 Å². The van der Waals surface area contributed by atoms with Crippen molar-refractivity contribution in [3.63, 3.8) is 0 Å². The van der Waals surface area contributed by atoms with Crippen LogP contribution in [0.15, 0.2) is 42.5 Å². The normalized spacial score (nSPS) is 15.6. The van der Waals surface area contributed by atoms with Crippen LogP contribution in [0.5, 0.6) is 0 Å². The second-order valence-electron chi connectivity index (χ2n) is 5.06. The lowest BCUT2D eigenvalue weighted by Gasteiger charge is -2.11. The molecule has 0 saturated carbocycles. The molecule has 0 unspecified atom stereocenters. The van der Waals surface area contributed by atoms with Gasteiger partial charge in [0.15, 0.2) is 0 Å². The number of rotatable bonds is 1. The molecule has 116 valence electrons. The number of benzene rings is 2. The second-order valence-corrected chi connectivity index (χ2v) is 5.06. The molecule has 2 aromatic rings. The Balaban J connectivity index is 2.27. The van der Waals surface area contributed by atoms with Gasteiger partial charge in [-0.1, -0.05) is 12.1 Å². The van der Waals surface area contributed by atoms with Crippen molar-refractivity contribution in [2.24, 2.45) is 0 Å². The van der Waals surface area contributed by atoms with E-state index in [0.29, 0.717) is 0 Å². The van der Waals surface area contributed by atoms with Gasteiger partial charge >= 0.3 is 0 Å². The van der Waals surface area contributed by atoms with Crippen molar-refractivity contribution in [1.82, 2.24) is 0 Å². The minimum Gasteiger partial charge on any atom is -0.506 e. The molecule has 3 rings (SSSR count). The van der Waals surface area contributed by atoms with Crippen molar-refractivity contribution in [3.05, 3.63) is 65.2 Å². The van der Waals surface area contributed by atoms with Crippen molar-refractivity contribution < 1.29 is 23.5 Å². The van der Waals surface area contributed by atoms with Gasteiger partial charge in [-0.15, -0.1) is 0 Å². The predicted octanol–water partition coefficient (Wildman–Crippen LogP) is 3.28. The zero-order chi connectivity index (χ0) is 16.7. The number of anilines is 1. The molecule has 0 bridgehead atoms. The number of fused-ring (bicyclic) bond motifs is 1. The standard InChI is InChI=1S/C17H11F2NO3/c1-9(21)20-14-8-12(19)5-6-13(14)15(17(20)23)16(22)10-3-2-4-11(18)7-10/h2-8,22H,1H3/b16-15+. The van der Waals surface area contributed by atoms with Gasteiger partial charge in [0, 0.05) is 18.1 Å². The van der Waals surface area contributed by atoms with Crippen LogP contribution >= 0.6 is 0 Å². The SMILES string of the molecule is CC(=O)N1C(=O)/C(=C(/O)c2cccc(F)c2)c2ccc(F)cc21. The molecule has 1 heterocycles. The lowest BCUT2D eigenvalue weighted by molar-refractivity contribution is -0.122. The largest absolute Gasteiger partial charge is 0.506 e. The van der Waals surface area contributed by atoms with E-state index in [1.165, 1.54) is 24.3 Å². The fraction of sp³-hybridized carbons (Fsp3) is 0.0588. The lowest BCUT2D eigenvalue weighted by atomic mass is 10.0. The summed E-state index contributed by atoms with van der Waals surface area (Å²) in [6, 6.07) is 8.54. The summed E-state index contributed by atoms with van der Waals surface area (Å²) in [5.41, 5.74) is 0.198. The van der Waals surface area contributed by atoms with Crippen LogP contribution in [0.2, 0.25) is 0 Å². The van der Waals surface area contributed by atoms with Crippen LogP contribution < -0.4 is 4.90 Å². The van der Waals surface area contributed by atoms with E-state index in [-0.39, 0.29) is 22.4 Å². The van der Waals surface area contributed by atoms with Crippen molar-refractivity contribution in [2.75, 3.05) is 4.90 Å². The molecule has 0 radical (unpaired) electrons. The molecule has 0 fully saturated rings. The summed E-state index contributed by atoms with van der Waals surface area (Å²) in [5, 5.41) is 10.4. The van der Waals surface area contributed by atoms with Gasteiger partial charge in [-0.3, -0.25) is 9.59 Å². The third-order valence-corrected chi connectivity index (χ3v) is 3.54. The summed E-state index contributed by atoms with van der Waals surface area (Å²) < 4.78 is 26.8. The number of halogens is 2. The molecule has 0 saturated heterocycles. The van der Waals surface area contributed by atoms with Crippen LogP contribution in [0.3, 0.4) is 0 Å². The summed E-state index contributed by atoms with van der Waals surface area (Å²) in [4.78, 5) is 25.0. The van der Waals surface area contributed by atoms with Crippen molar-refractivity contribution >= 4 is 28.8 Å². The molecule has 0 aliphatic carbocycles. The summed E-state index contributed by atoms with van der Waals surface area (Å²) in [6.45, 7) is 1.16. The molecule has 0 atom stereocenters. The highest BCUT2D eigenvalue weighted by Crippen LogP contribution is 2.40. The zero-order valence-corrected chi connectivity index (χ0v) is 12.0.